The minimum Gasteiger partial charge on any atom is -0.378 e. The highest BCUT2D eigenvalue weighted by molar-refractivity contribution is 9.10. The number of carbonyl (C=O) groups excluding carboxylic acids is 1. The fourth-order valence-electron chi connectivity index (χ4n) is 2.09. The van der Waals surface area contributed by atoms with Crippen LogP contribution < -0.4 is 10.6 Å². The van der Waals surface area contributed by atoms with Gasteiger partial charge in [-0.25, -0.2) is 0 Å². The minimum atomic E-state index is 0.0845. The van der Waals surface area contributed by atoms with E-state index in [1.54, 1.807) is 11.8 Å². The van der Waals surface area contributed by atoms with Crippen LogP contribution in [0.4, 0.5) is 0 Å². The van der Waals surface area contributed by atoms with Crippen LogP contribution in [0.25, 0.3) is 0 Å². The predicted octanol–water partition coefficient (Wildman–Crippen LogP) is 2.42. The van der Waals surface area contributed by atoms with Gasteiger partial charge in [-0.15, -0.1) is 11.8 Å². The van der Waals surface area contributed by atoms with Crippen molar-refractivity contribution in [2.24, 2.45) is 0 Å². The van der Waals surface area contributed by atoms with Crippen molar-refractivity contribution >= 4 is 33.6 Å². The van der Waals surface area contributed by atoms with Gasteiger partial charge < -0.3 is 15.4 Å². The van der Waals surface area contributed by atoms with E-state index in [1.807, 2.05) is 12.1 Å². The molecule has 2 atom stereocenters. The first kappa shape index (κ1) is 16.8. The number of hydrogen-bond acceptors (Lipinski definition) is 4. The second-order valence-corrected chi connectivity index (χ2v) is 7.54. The predicted molar refractivity (Wildman–Crippen MR) is 89.7 cm³/mol. The molecule has 21 heavy (non-hydrogen) atoms. The van der Waals surface area contributed by atoms with E-state index in [2.05, 4.69) is 45.6 Å². The van der Waals surface area contributed by atoms with Crippen LogP contribution in [0.1, 0.15) is 13.3 Å². The molecule has 2 unspecified atom stereocenters. The Kier molecular flexibility index (Phi) is 7.03. The molecule has 1 saturated heterocycles. The molecule has 0 aromatic heterocycles. The zero-order valence-corrected chi connectivity index (χ0v) is 14.5. The lowest BCUT2D eigenvalue weighted by Crippen LogP contribution is -2.44. The maximum Gasteiger partial charge on any atom is 0.221 e. The normalized spacial score (nSPS) is 20.0. The molecule has 1 amide bonds. The van der Waals surface area contributed by atoms with Crippen molar-refractivity contribution in [3.8, 4) is 0 Å². The van der Waals surface area contributed by atoms with Gasteiger partial charge in [0.15, 0.2) is 0 Å². The van der Waals surface area contributed by atoms with E-state index in [9.17, 15) is 4.79 Å². The SMILES string of the molecule is CC(CNC(=O)CC1COCCN1)Sc1ccc(Br)cc1. The van der Waals surface area contributed by atoms with Crippen molar-refractivity contribution in [3.05, 3.63) is 28.7 Å². The molecule has 2 N–H and O–H groups in total. The Balaban J connectivity index is 1.66. The summed E-state index contributed by atoms with van der Waals surface area (Å²) in [6, 6.07) is 8.37. The summed E-state index contributed by atoms with van der Waals surface area (Å²) in [5.74, 6) is 0.0845. The molecule has 1 aliphatic rings. The second kappa shape index (κ2) is 8.78. The van der Waals surface area contributed by atoms with E-state index in [4.69, 9.17) is 4.74 Å². The van der Waals surface area contributed by atoms with Gasteiger partial charge in [0.05, 0.1) is 13.2 Å². The number of amides is 1. The number of hydrogen-bond donors (Lipinski definition) is 2. The summed E-state index contributed by atoms with van der Waals surface area (Å²) in [4.78, 5) is 13.1. The molecule has 1 aromatic rings. The van der Waals surface area contributed by atoms with Crippen molar-refractivity contribution in [3.63, 3.8) is 0 Å². The number of ether oxygens (including phenoxy) is 1. The highest BCUT2D eigenvalue weighted by Gasteiger charge is 2.17. The molecular weight excluding hydrogens is 352 g/mol. The average molecular weight is 373 g/mol. The fraction of sp³-hybridized carbons (Fsp3) is 0.533. The molecular formula is C15H21BrN2O2S. The zero-order chi connectivity index (χ0) is 15.1. The molecule has 4 nitrogen and oxygen atoms in total. The maximum atomic E-state index is 11.9. The number of halogens is 1. The van der Waals surface area contributed by atoms with Gasteiger partial charge >= 0.3 is 0 Å². The van der Waals surface area contributed by atoms with Crippen molar-refractivity contribution in [1.82, 2.24) is 10.6 Å². The summed E-state index contributed by atoms with van der Waals surface area (Å²) >= 11 is 5.19. The Morgan fingerprint density at radius 2 is 2.29 bits per heavy atom. The minimum absolute atomic E-state index is 0.0845. The van der Waals surface area contributed by atoms with Gasteiger partial charge in [0.2, 0.25) is 5.91 Å². The van der Waals surface area contributed by atoms with Crippen molar-refractivity contribution < 1.29 is 9.53 Å². The van der Waals surface area contributed by atoms with Crippen LogP contribution in [0.3, 0.4) is 0 Å². The molecule has 0 bridgehead atoms. The van der Waals surface area contributed by atoms with Crippen molar-refractivity contribution in [2.45, 2.75) is 29.5 Å². The summed E-state index contributed by atoms with van der Waals surface area (Å²) in [6.45, 7) is 4.98. The van der Waals surface area contributed by atoms with Gasteiger partial charge in [0, 0.05) is 40.2 Å². The van der Waals surface area contributed by atoms with Gasteiger partial charge in [-0.2, -0.15) is 0 Å². The Hall–Kier alpha value is -0.560. The highest BCUT2D eigenvalue weighted by atomic mass is 79.9. The molecule has 2 rings (SSSR count). The smallest absolute Gasteiger partial charge is 0.221 e. The van der Waals surface area contributed by atoms with E-state index in [1.165, 1.54) is 4.90 Å². The lowest BCUT2D eigenvalue weighted by atomic mass is 10.2. The van der Waals surface area contributed by atoms with Crippen LogP contribution in [0.2, 0.25) is 0 Å². The zero-order valence-electron chi connectivity index (χ0n) is 12.1. The maximum absolute atomic E-state index is 11.9. The molecule has 1 fully saturated rings. The molecule has 0 aliphatic carbocycles. The molecule has 6 heteroatoms. The van der Waals surface area contributed by atoms with Gasteiger partial charge in [-0.3, -0.25) is 4.79 Å². The van der Waals surface area contributed by atoms with E-state index in [0.717, 1.165) is 17.6 Å². The third kappa shape index (κ3) is 6.38. The van der Waals surface area contributed by atoms with Crippen LogP contribution >= 0.6 is 27.7 Å². The van der Waals surface area contributed by atoms with Crippen LogP contribution in [0.15, 0.2) is 33.6 Å². The van der Waals surface area contributed by atoms with Gasteiger partial charge in [0.25, 0.3) is 0 Å². The molecule has 1 aliphatic heterocycles. The monoisotopic (exact) mass is 372 g/mol. The lowest BCUT2D eigenvalue weighted by Gasteiger charge is -2.23. The number of benzene rings is 1. The number of rotatable bonds is 6. The first-order chi connectivity index (χ1) is 10.1. The lowest BCUT2D eigenvalue weighted by molar-refractivity contribution is -0.122. The highest BCUT2D eigenvalue weighted by Crippen LogP contribution is 2.24. The van der Waals surface area contributed by atoms with Gasteiger partial charge in [0.1, 0.15) is 0 Å². The number of nitrogens with one attached hydrogen (secondary N) is 2. The number of carbonyl (C=O) groups is 1. The molecule has 0 radical (unpaired) electrons. The quantitative estimate of drug-likeness (QED) is 0.752. The van der Waals surface area contributed by atoms with Crippen LogP contribution in [-0.4, -0.2) is 43.5 Å². The van der Waals surface area contributed by atoms with Crippen molar-refractivity contribution in [2.75, 3.05) is 26.3 Å². The van der Waals surface area contributed by atoms with E-state index >= 15 is 0 Å². The fourth-order valence-corrected chi connectivity index (χ4v) is 3.28. The first-order valence-electron chi connectivity index (χ1n) is 7.13. The third-order valence-corrected chi connectivity index (χ3v) is 4.81. The third-order valence-electron chi connectivity index (χ3n) is 3.17. The Morgan fingerprint density at radius 3 is 2.95 bits per heavy atom. The summed E-state index contributed by atoms with van der Waals surface area (Å²) in [6.07, 6.45) is 0.482. The Bertz CT molecular complexity index is 449. The number of morpholine rings is 1. The van der Waals surface area contributed by atoms with Gasteiger partial charge in [-0.1, -0.05) is 22.9 Å². The van der Waals surface area contributed by atoms with Gasteiger partial charge in [-0.05, 0) is 24.3 Å². The van der Waals surface area contributed by atoms with Crippen LogP contribution in [-0.2, 0) is 9.53 Å². The standard InChI is InChI=1S/C15H21BrN2O2S/c1-11(21-14-4-2-12(16)3-5-14)9-18-15(19)8-13-10-20-7-6-17-13/h2-5,11,13,17H,6-10H2,1H3,(H,18,19). The Morgan fingerprint density at radius 1 is 1.52 bits per heavy atom. The topological polar surface area (TPSA) is 50.4 Å². The molecule has 1 aromatic carbocycles. The summed E-state index contributed by atoms with van der Waals surface area (Å²) in [7, 11) is 0. The molecule has 116 valence electrons. The first-order valence-corrected chi connectivity index (χ1v) is 8.81. The average Bonchev–Trinajstić information content (AvgIpc) is 2.49. The summed E-state index contributed by atoms with van der Waals surface area (Å²) < 4.78 is 6.43. The molecule has 0 saturated carbocycles. The molecule has 0 spiro atoms. The van der Waals surface area contributed by atoms with Crippen LogP contribution in [0, 0.1) is 0 Å². The van der Waals surface area contributed by atoms with E-state index in [-0.39, 0.29) is 11.9 Å². The Labute approximate surface area is 138 Å². The summed E-state index contributed by atoms with van der Waals surface area (Å²) in [5, 5.41) is 6.62. The van der Waals surface area contributed by atoms with E-state index < -0.39 is 0 Å². The second-order valence-electron chi connectivity index (χ2n) is 5.12. The molecule has 1 heterocycles. The van der Waals surface area contributed by atoms with E-state index in [0.29, 0.717) is 24.8 Å². The van der Waals surface area contributed by atoms with Crippen molar-refractivity contribution in [1.29, 1.82) is 0 Å². The summed E-state index contributed by atoms with van der Waals surface area (Å²) in [5.41, 5.74) is 0. The van der Waals surface area contributed by atoms with Crippen LogP contribution in [0.5, 0.6) is 0 Å². The largest absolute Gasteiger partial charge is 0.378 e. The number of thioether (sulfide) groups is 1.